The number of hydrogen-bond donors (Lipinski definition) is 1. The maximum atomic E-state index is 12.8. The van der Waals surface area contributed by atoms with E-state index in [-0.39, 0.29) is 17.9 Å². The Kier molecular flexibility index (Phi) is 5.78. The normalized spacial score (nSPS) is 20.4. The maximum absolute atomic E-state index is 12.8. The molecule has 26 heavy (non-hydrogen) atoms. The molecule has 3 rings (SSSR count). The van der Waals surface area contributed by atoms with Crippen molar-refractivity contribution in [1.82, 2.24) is 10.2 Å². The van der Waals surface area contributed by atoms with E-state index in [4.69, 9.17) is 9.47 Å². The van der Waals surface area contributed by atoms with Crippen LogP contribution in [0.4, 0.5) is 0 Å². The van der Waals surface area contributed by atoms with Gasteiger partial charge >= 0.3 is 0 Å². The molecule has 2 atom stereocenters. The number of rotatable bonds is 5. The monoisotopic (exact) mass is 354 g/mol. The molecule has 0 saturated carbocycles. The van der Waals surface area contributed by atoms with Crippen molar-refractivity contribution >= 4 is 5.91 Å². The SMILES string of the molecule is COc1ccc(C(=O)NC2CCN(C)CC2c2ccccc2)cc1OC. The van der Waals surface area contributed by atoms with Crippen LogP contribution in [0.1, 0.15) is 28.3 Å². The third-order valence-corrected chi connectivity index (χ3v) is 5.01. The van der Waals surface area contributed by atoms with Gasteiger partial charge < -0.3 is 19.7 Å². The van der Waals surface area contributed by atoms with E-state index in [0.717, 1.165) is 19.5 Å². The van der Waals surface area contributed by atoms with Gasteiger partial charge in [0.15, 0.2) is 11.5 Å². The fourth-order valence-corrected chi connectivity index (χ4v) is 3.55. The lowest BCUT2D eigenvalue weighted by atomic mass is 9.86. The second-order valence-electron chi connectivity index (χ2n) is 6.72. The van der Waals surface area contributed by atoms with Crippen LogP contribution in [0.25, 0.3) is 0 Å². The first-order chi connectivity index (χ1) is 12.6. The lowest BCUT2D eigenvalue weighted by Crippen LogP contribution is -2.48. The molecule has 138 valence electrons. The lowest BCUT2D eigenvalue weighted by molar-refractivity contribution is 0.0904. The van der Waals surface area contributed by atoms with Gasteiger partial charge in [-0.1, -0.05) is 30.3 Å². The predicted octanol–water partition coefficient (Wildman–Crippen LogP) is 2.92. The first-order valence-corrected chi connectivity index (χ1v) is 8.88. The van der Waals surface area contributed by atoms with E-state index < -0.39 is 0 Å². The van der Waals surface area contributed by atoms with Crippen LogP contribution in [0.15, 0.2) is 48.5 Å². The molecule has 1 fully saturated rings. The Balaban J connectivity index is 1.78. The summed E-state index contributed by atoms with van der Waals surface area (Å²) < 4.78 is 10.6. The summed E-state index contributed by atoms with van der Waals surface area (Å²) in [6.07, 6.45) is 0.926. The number of likely N-dealkylation sites (N-methyl/N-ethyl adjacent to an activating group) is 1. The molecule has 2 aromatic carbocycles. The molecule has 0 radical (unpaired) electrons. The van der Waals surface area contributed by atoms with Crippen molar-refractivity contribution in [2.24, 2.45) is 0 Å². The summed E-state index contributed by atoms with van der Waals surface area (Å²) in [6.45, 7) is 1.90. The minimum Gasteiger partial charge on any atom is -0.493 e. The van der Waals surface area contributed by atoms with Gasteiger partial charge in [-0.25, -0.2) is 0 Å². The van der Waals surface area contributed by atoms with Crippen molar-refractivity contribution in [1.29, 1.82) is 0 Å². The Morgan fingerprint density at radius 1 is 1.08 bits per heavy atom. The number of benzene rings is 2. The average Bonchev–Trinajstić information content (AvgIpc) is 2.69. The summed E-state index contributed by atoms with van der Waals surface area (Å²) in [5.41, 5.74) is 1.84. The first kappa shape index (κ1) is 18.3. The highest BCUT2D eigenvalue weighted by atomic mass is 16.5. The van der Waals surface area contributed by atoms with E-state index in [9.17, 15) is 4.79 Å². The molecule has 1 aliphatic rings. The van der Waals surface area contributed by atoms with Gasteiger partial charge in [-0.2, -0.15) is 0 Å². The minimum atomic E-state index is -0.0820. The molecular formula is C21H26N2O3. The summed E-state index contributed by atoms with van der Waals surface area (Å²) in [4.78, 5) is 15.1. The summed E-state index contributed by atoms with van der Waals surface area (Å²) in [6, 6.07) is 15.8. The third kappa shape index (κ3) is 3.99. The van der Waals surface area contributed by atoms with E-state index in [1.165, 1.54) is 5.56 Å². The second-order valence-corrected chi connectivity index (χ2v) is 6.72. The van der Waals surface area contributed by atoms with E-state index in [1.807, 2.05) is 6.07 Å². The number of methoxy groups -OCH3 is 2. The van der Waals surface area contributed by atoms with E-state index in [2.05, 4.69) is 41.5 Å². The highest BCUT2D eigenvalue weighted by Crippen LogP contribution is 2.29. The Morgan fingerprint density at radius 3 is 2.50 bits per heavy atom. The maximum Gasteiger partial charge on any atom is 0.251 e. The van der Waals surface area contributed by atoms with Crippen molar-refractivity contribution < 1.29 is 14.3 Å². The van der Waals surface area contributed by atoms with Crippen molar-refractivity contribution in [3.63, 3.8) is 0 Å². The van der Waals surface area contributed by atoms with E-state index >= 15 is 0 Å². The molecule has 0 aromatic heterocycles. The summed E-state index contributed by atoms with van der Waals surface area (Å²) in [5.74, 6) is 1.37. The Morgan fingerprint density at radius 2 is 1.81 bits per heavy atom. The number of hydrogen-bond acceptors (Lipinski definition) is 4. The number of amides is 1. The standard InChI is InChI=1S/C21H26N2O3/c1-23-12-11-18(17(14-23)15-7-5-4-6-8-15)22-21(24)16-9-10-19(25-2)20(13-16)26-3/h4-10,13,17-18H,11-12,14H2,1-3H3,(H,22,24). The fourth-order valence-electron chi connectivity index (χ4n) is 3.55. The molecule has 0 aliphatic carbocycles. The third-order valence-electron chi connectivity index (χ3n) is 5.01. The van der Waals surface area contributed by atoms with Crippen LogP contribution in [0, 0.1) is 0 Å². The zero-order valence-corrected chi connectivity index (χ0v) is 15.6. The van der Waals surface area contributed by atoms with Gasteiger partial charge in [0.1, 0.15) is 0 Å². The van der Waals surface area contributed by atoms with Gasteiger partial charge in [-0.05, 0) is 43.8 Å². The zero-order valence-electron chi connectivity index (χ0n) is 15.6. The first-order valence-electron chi connectivity index (χ1n) is 8.88. The number of nitrogens with one attached hydrogen (secondary N) is 1. The molecule has 1 N–H and O–H groups in total. The molecule has 1 heterocycles. The number of nitrogens with zero attached hydrogens (tertiary/aromatic N) is 1. The van der Waals surface area contributed by atoms with Crippen LogP contribution < -0.4 is 14.8 Å². The minimum absolute atomic E-state index is 0.0820. The smallest absolute Gasteiger partial charge is 0.251 e. The van der Waals surface area contributed by atoms with Crippen molar-refractivity contribution in [3.05, 3.63) is 59.7 Å². The van der Waals surface area contributed by atoms with Crippen LogP contribution in [0.5, 0.6) is 11.5 Å². The molecule has 2 aromatic rings. The van der Waals surface area contributed by atoms with Crippen molar-refractivity contribution in [2.75, 3.05) is 34.4 Å². The molecule has 5 heteroatoms. The topological polar surface area (TPSA) is 50.8 Å². The number of ether oxygens (including phenoxy) is 2. The molecule has 1 amide bonds. The number of likely N-dealkylation sites (tertiary alicyclic amines) is 1. The van der Waals surface area contributed by atoms with Crippen LogP contribution in [-0.4, -0.2) is 51.2 Å². The molecule has 0 spiro atoms. The molecule has 1 saturated heterocycles. The van der Waals surface area contributed by atoms with Gasteiger partial charge in [0.05, 0.1) is 14.2 Å². The van der Waals surface area contributed by atoms with Crippen LogP contribution >= 0.6 is 0 Å². The number of carbonyl (C=O) groups is 1. The molecule has 2 unspecified atom stereocenters. The van der Waals surface area contributed by atoms with Crippen LogP contribution in [0.3, 0.4) is 0 Å². The molecule has 0 bridgehead atoms. The Hall–Kier alpha value is -2.53. The largest absolute Gasteiger partial charge is 0.493 e. The second kappa shape index (κ2) is 8.23. The predicted molar refractivity (Wildman–Crippen MR) is 102 cm³/mol. The molecule has 1 aliphatic heterocycles. The van der Waals surface area contributed by atoms with Crippen LogP contribution in [-0.2, 0) is 0 Å². The Bertz CT molecular complexity index is 748. The number of piperidine rings is 1. The van der Waals surface area contributed by atoms with Gasteiger partial charge in [0, 0.05) is 24.1 Å². The average molecular weight is 354 g/mol. The van der Waals surface area contributed by atoms with Gasteiger partial charge in [-0.3, -0.25) is 4.79 Å². The highest BCUT2D eigenvalue weighted by molar-refractivity contribution is 5.95. The van der Waals surface area contributed by atoms with Gasteiger partial charge in [0.2, 0.25) is 0 Å². The van der Waals surface area contributed by atoms with Crippen LogP contribution in [0.2, 0.25) is 0 Å². The van der Waals surface area contributed by atoms with E-state index in [0.29, 0.717) is 17.1 Å². The quantitative estimate of drug-likeness (QED) is 0.897. The summed E-state index contributed by atoms with van der Waals surface area (Å²) >= 11 is 0. The molecular weight excluding hydrogens is 328 g/mol. The Labute approximate surface area is 154 Å². The van der Waals surface area contributed by atoms with Gasteiger partial charge in [0.25, 0.3) is 5.91 Å². The fraction of sp³-hybridized carbons (Fsp3) is 0.381. The molecule has 5 nitrogen and oxygen atoms in total. The van der Waals surface area contributed by atoms with E-state index in [1.54, 1.807) is 32.4 Å². The van der Waals surface area contributed by atoms with Gasteiger partial charge in [-0.15, -0.1) is 0 Å². The highest BCUT2D eigenvalue weighted by Gasteiger charge is 2.30. The van der Waals surface area contributed by atoms with Crippen molar-refractivity contribution in [3.8, 4) is 11.5 Å². The van der Waals surface area contributed by atoms with Crippen molar-refractivity contribution in [2.45, 2.75) is 18.4 Å². The number of carbonyl (C=O) groups excluding carboxylic acids is 1. The zero-order chi connectivity index (χ0) is 18.5. The summed E-state index contributed by atoms with van der Waals surface area (Å²) in [5, 5.41) is 3.23. The summed E-state index contributed by atoms with van der Waals surface area (Å²) in [7, 11) is 5.28. The lowest BCUT2D eigenvalue weighted by Gasteiger charge is -2.37.